The first-order valence-electron chi connectivity index (χ1n) is 6.40. The lowest BCUT2D eigenvalue weighted by molar-refractivity contribution is -0.119. The maximum atomic E-state index is 11.8. The summed E-state index contributed by atoms with van der Waals surface area (Å²) in [5, 5.41) is 9.76. The fourth-order valence-electron chi connectivity index (χ4n) is 1.64. The van der Waals surface area contributed by atoms with Gasteiger partial charge < -0.3 is 10.6 Å². The lowest BCUT2D eigenvalue weighted by Gasteiger charge is -2.09. The first-order chi connectivity index (χ1) is 9.11. The number of amides is 1. The van der Waals surface area contributed by atoms with Crippen LogP contribution in [0, 0.1) is 0 Å². The summed E-state index contributed by atoms with van der Waals surface area (Å²) in [6.07, 6.45) is 4.37. The van der Waals surface area contributed by atoms with Gasteiger partial charge in [0.2, 0.25) is 5.91 Å². The number of nitrogens with zero attached hydrogens (tertiary/aromatic N) is 2. The van der Waals surface area contributed by atoms with Crippen LogP contribution in [0.4, 0.5) is 5.69 Å². The number of nitrogens with one attached hydrogen (secondary N) is 2. The van der Waals surface area contributed by atoms with Crippen molar-refractivity contribution in [1.82, 2.24) is 15.1 Å². The zero-order valence-corrected chi connectivity index (χ0v) is 11.5. The molecule has 0 saturated heterocycles. The molecule has 0 unspecified atom stereocenters. The van der Waals surface area contributed by atoms with Gasteiger partial charge in [-0.2, -0.15) is 5.10 Å². The van der Waals surface area contributed by atoms with Crippen LogP contribution in [0.3, 0.4) is 0 Å². The monoisotopic (exact) mass is 284 g/mol. The number of hydrogen-bond acceptors (Lipinski definition) is 4. The van der Waals surface area contributed by atoms with Crippen LogP contribution in [-0.4, -0.2) is 28.3 Å². The van der Waals surface area contributed by atoms with E-state index in [0.717, 1.165) is 19.3 Å². The van der Waals surface area contributed by atoms with Crippen LogP contribution in [0.15, 0.2) is 11.0 Å². The molecule has 6 nitrogen and oxygen atoms in total. The van der Waals surface area contributed by atoms with Gasteiger partial charge in [-0.1, -0.05) is 18.5 Å². The normalized spacial score (nSPS) is 14.2. The Labute approximate surface area is 116 Å². The molecule has 104 valence electrons. The Bertz CT molecular complexity index is 525. The first kappa shape index (κ1) is 13.9. The second kappa shape index (κ2) is 6.06. The molecule has 1 aliphatic rings. The number of aryl methyl sites for hydroxylation is 1. The third-order valence-electron chi connectivity index (χ3n) is 2.80. The molecule has 1 aromatic rings. The summed E-state index contributed by atoms with van der Waals surface area (Å²) >= 11 is 5.97. The predicted molar refractivity (Wildman–Crippen MR) is 73.5 cm³/mol. The van der Waals surface area contributed by atoms with Crippen molar-refractivity contribution in [2.75, 3.05) is 11.9 Å². The minimum Gasteiger partial charge on any atom is -0.373 e. The quantitative estimate of drug-likeness (QED) is 0.817. The van der Waals surface area contributed by atoms with Crippen LogP contribution in [0.1, 0.15) is 26.2 Å². The van der Waals surface area contributed by atoms with Gasteiger partial charge in [0.05, 0.1) is 18.4 Å². The van der Waals surface area contributed by atoms with Gasteiger partial charge in [0, 0.05) is 12.6 Å². The molecule has 1 fully saturated rings. The van der Waals surface area contributed by atoms with E-state index in [1.54, 1.807) is 0 Å². The molecular weight excluding hydrogens is 268 g/mol. The minimum atomic E-state index is -0.337. The number of hydrogen-bond donors (Lipinski definition) is 2. The van der Waals surface area contributed by atoms with Gasteiger partial charge in [0.15, 0.2) is 0 Å². The zero-order chi connectivity index (χ0) is 13.8. The van der Waals surface area contributed by atoms with Crippen molar-refractivity contribution in [2.24, 2.45) is 0 Å². The number of rotatable bonds is 6. The van der Waals surface area contributed by atoms with Crippen molar-refractivity contribution in [3.63, 3.8) is 0 Å². The fourth-order valence-corrected chi connectivity index (χ4v) is 1.85. The maximum absolute atomic E-state index is 11.8. The van der Waals surface area contributed by atoms with Crippen molar-refractivity contribution in [3.8, 4) is 0 Å². The van der Waals surface area contributed by atoms with E-state index >= 15 is 0 Å². The summed E-state index contributed by atoms with van der Waals surface area (Å²) in [4.78, 5) is 23.4. The van der Waals surface area contributed by atoms with Crippen molar-refractivity contribution in [3.05, 3.63) is 21.6 Å². The molecule has 1 saturated carbocycles. The Kier molecular flexibility index (Phi) is 4.42. The summed E-state index contributed by atoms with van der Waals surface area (Å²) in [6.45, 7) is 2.58. The van der Waals surface area contributed by atoms with Crippen molar-refractivity contribution in [2.45, 2.75) is 38.8 Å². The molecule has 0 spiro atoms. The predicted octanol–water partition coefficient (Wildman–Crippen LogP) is 0.997. The van der Waals surface area contributed by atoms with E-state index in [0.29, 0.717) is 18.3 Å². The van der Waals surface area contributed by atoms with Crippen LogP contribution in [-0.2, 0) is 11.3 Å². The van der Waals surface area contributed by atoms with Gasteiger partial charge in [-0.05, 0) is 19.3 Å². The number of anilines is 1. The van der Waals surface area contributed by atoms with Crippen LogP contribution >= 0.6 is 11.6 Å². The molecule has 1 aromatic heterocycles. The van der Waals surface area contributed by atoms with E-state index < -0.39 is 0 Å². The third kappa shape index (κ3) is 3.70. The van der Waals surface area contributed by atoms with Gasteiger partial charge in [0.1, 0.15) is 5.02 Å². The van der Waals surface area contributed by atoms with Crippen LogP contribution in [0.2, 0.25) is 5.02 Å². The summed E-state index contributed by atoms with van der Waals surface area (Å²) in [7, 11) is 0. The highest BCUT2D eigenvalue weighted by Crippen LogP contribution is 2.18. The molecular formula is C12H17ClN4O2. The molecule has 0 aromatic carbocycles. The highest BCUT2D eigenvalue weighted by atomic mass is 35.5. The highest BCUT2D eigenvalue weighted by Gasteiger charge is 2.23. The van der Waals surface area contributed by atoms with Gasteiger partial charge in [0.25, 0.3) is 5.56 Å². The zero-order valence-electron chi connectivity index (χ0n) is 10.8. The number of halogens is 1. The molecule has 19 heavy (non-hydrogen) atoms. The summed E-state index contributed by atoms with van der Waals surface area (Å²) < 4.78 is 1.32. The molecule has 0 atom stereocenters. The summed E-state index contributed by atoms with van der Waals surface area (Å²) in [5.74, 6) is -0.101. The average molecular weight is 285 g/mol. The molecule has 7 heteroatoms. The van der Waals surface area contributed by atoms with E-state index in [4.69, 9.17) is 11.6 Å². The fraction of sp³-hybridized carbons (Fsp3) is 0.583. The molecule has 0 radical (unpaired) electrons. The van der Waals surface area contributed by atoms with Crippen LogP contribution in [0.25, 0.3) is 0 Å². The number of carbonyl (C=O) groups excluding carboxylic acids is 1. The second-order valence-electron chi connectivity index (χ2n) is 4.60. The molecule has 1 aliphatic carbocycles. The number of carbonyl (C=O) groups is 1. The smallest absolute Gasteiger partial charge is 0.287 e. The Morgan fingerprint density at radius 3 is 2.95 bits per heavy atom. The summed E-state index contributed by atoms with van der Waals surface area (Å²) in [6, 6.07) is 0.320. The molecule has 2 rings (SSSR count). The topological polar surface area (TPSA) is 76.0 Å². The average Bonchev–Trinajstić information content (AvgIpc) is 3.18. The van der Waals surface area contributed by atoms with E-state index in [1.165, 1.54) is 10.9 Å². The molecule has 0 aliphatic heterocycles. The Morgan fingerprint density at radius 2 is 2.32 bits per heavy atom. The molecule has 1 heterocycles. The van der Waals surface area contributed by atoms with Crippen LogP contribution < -0.4 is 16.2 Å². The highest BCUT2D eigenvalue weighted by molar-refractivity contribution is 6.33. The van der Waals surface area contributed by atoms with E-state index in [1.807, 2.05) is 6.92 Å². The minimum absolute atomic E-state index is 0.0719. The number of aromatic nitrogens is 2. The van der Waals surface area contributed by atoms with Gasteiger partial charge in [-0.15, -0.1) is 0 Å². The molecule has 0 bridgehead atoms. The Balaban J connectivity index is 1.98. The molecule has 2 N–H and O–H groups in total. The van der Waals surface area contributed by atoms with Crippen molar-refractivity contribution >= 4 is 23.2 Å². The van der Waals surface area contributed by atoms with Crippen molar-refractivity contribution in [1.29, 1.82) is 0 Å². The largest absolute Gasteiger partial charge is 0.373 e. The van der Waals surface area contributed by atoms with Gasteiger partial charge in [-0.25, -0.2) is 4.68 Å². The van der Waals surface area contributed by atoms with Gasteiger partial charge >= 0.3 is 0 Å². The standard InChI is InChI=1S/C12H17ClN4O2/c1-2-5-17-12(19)11(13)9(6-15-17)14-7-10(18)16-8-3-4-8/h6,8,14H,2-5,7H2,1H3,(H,16,18). The Hall–Kier alpha value is -1.56. The van der Waals surface area contributed by atoms with Crippen LogP contribution in [0.5, 0.6) is 0 Å². The van der Waals surface area contributed by atoms with Gasteiger partial charge in [-0.3, -0.25) is 9.59 Å². The summed E-state index contributed by atoms with van der Waals surface area (Å²) in [5.41, 5.74) is 0.0566. The van der Waals surface area contributed by atoms with E-state index in [2.05, 4.69) is 15.7 Å². The van der Waals surface area contributed by atoms with E-state index in [9.17, 15) is 9.59 Å². The Morgan fingerprint density at radius 1 is 1.58 bits per heavy atom. The third-order valence-corrected chi connectivity index (χ3v) is 3.17. The maximum Gasteiger partial charge on any atom is 0.287 e. The first-order valence-corrected chi connectivity index (χ1v) is 6.78. The van der Waals surface area contributed by atoms with Crippen molar-refractivity contribution < 1.29 is 4.79 Å². The lowest BCUT2D eigenvalue weighted by Crippen LogP contribution is -2.32. The SMILES string of the molecule is CCCn1ncc(NCC(=O)NC2CC2)c(Cl)c1=O. The lowest BCUT2D eigenvalue weighted by atomic mass is 10.4. The molecule has 1 amide bonds. The van der Waals surface area contributed by atoms with E-state index in [-0.39, 0.29) is 23.0 Å². The second-order valence-corrected chi connectivity index (χ2v) is 4.97.